The first-order valence-corrected chi connectivity index (χ1v) is 7.92. The Morgan fingerprint density at radius 2 is 1.96 bits per heavy atom. The van der Waals surface area contributed by atoms with Crippen molar-refractivity contribution in [1.29, 1.82) is 5.26 Å². The number of hydrogen-bond acceptors (Lipinski definition) is 4. The minimum atomic E-state index is -0.0839. The van der Waals surface area contributed by atoms with Gasteiger partial charge >= 0.3 is 0 Å². The Balaban J connectivity index is 1.81. The molecule has 0 saturated carbocycles. The number of aryl methyl sites for hydroxylation is 1. The van der Waals surface area contributed by atoms with Gasteiger partial charge in [0.05, 0.1) is 22.1 Å². The van der Waals surface area contributed by atoms with E-state index >= 15 is 0 Å². The Hall–Kier alpha value is -3.46. The Labute approximate surface area is 144 Å². The maximum atomic E-state index is 11.7. The number of fused-ring (bicyclic) bond motifs is 2. The van der Waals surface area contributed by atoms with Crippen LogP contribution in [-0.2, 0) is 6.42 Å². The number of imidazole rings is 2. The summed E-state index contributed by atoms with van der Waals surface area (Å²) in [6.45, 7) is 3.50. The molecule has 122 valence electrons. The van der Waals surface area contributed by atoms with E-state index in [0.29, 0.717) is 12.2 Å². The highest BCUT2D eigenvalue weighted by Gasteiger charge is 2.13. The summed E-state index contributed by atoms with van der Waals surface area (Å²) < 4.78 is 3.09. The second kappa shape index (κ2) is 5.56. The average molecular weight is 329 g/mol. The molecule has 0 N–H and O–H groups in total. The van der Waals surface area contributed by atoms with Gasteiger partial charge in [0, 0.05) is 13.3 Å². The first-order valence-electron chi connectivity index (χ1n) is 7.92. The van der Waals surface area contributed by atoms with Crippen LogP contribution in [0.25, 0.3) is 22.1 Å². The Kier molecular flexibility index (Phi) is 3.36. The molecule has 6 nitrogen and oxygen atoms in total. The maximum absolute atomic E-state index is 11.7. The molecule has 6 heteroatoms. The SMILES string of the molecule is CC(=O)n1cnc2ccc(Cc3nc4ccc(C)cc4n3C#N)cc21. The molecule has 25 heavy (non-hydrogen) atoms. The molecule has 2 aromatic heterocycles. The van der Waals surface area contributed by atoms with Crippen LogP contribution in [0.3, 0.4) is 0 Å². The van der Waals surface area contributed by atoms with Gasteiger partial charge in [-0.25, -0.2) is 14.5 Å². The Morgan fingerprint density at radius 1 is 1.16 bits per heavy atom. The second-order valence-corrected chi connectivity index (χ2v) is 6.09. The molecule has 0 saturated heterocycles. The highest BCUT2D eigenvalue weighted by molar-refractivity contribution is 5.89. The van der Waals surface area contributed by atoms with Crippen molar-refractivity contribution >= 4 is 28.0 Å². The summed E-state index contributed by atoms with van der Waals surface area (Å²) in [6.07, 6.45) is 4.24. The van der Waals surface area contributed by atoms with Gasteiger partial charge < -0.3 is 0 Å². The fourth-order valence-electron chi connectivity index (χ4n) is 3.06. The maximum Gasteiger partial charge on any atom is 0.229 e. The third kappa shape index (κ3) is 2.46. The summed E-state index contributed by atoms with van der Waals surface area (Å²) in [7, 11) is 0. The monoisotopic (exact) mass is 329 g/mol. The van der Waals surface area contributed by atoms with E-state index in [1.54, 1.807) is 4.57 Å². The molecule has 0 aliphatic carbocycles. The molecule has 2 aromatic carbocycles. The topological polar surface area (TPSA) is 76.5 Å². The standard InChI is InChI=1S/C19H15N5O/c1-12-3-5-16-17(7-12)23(10-20)19(22-16)9-14-4-6-15-18(8-14)24(11-21-15)13(2)25/h3-8,11H,9H2,1-2H3. The van der Waals surface area contributed by atoms with Crippen LogP contribution >= 0.6 is 0 Å². The lowest BCUT2D eigenvalue weighted by atomic mass is 10.1. The van der Waals surface area contributed by atoms with Crippen LogP contribution in [-0.4, -0.2) is 25.0 Å². The molecule has 0 aliphatic rings. The Morgan fingerprint density at radius 3 is 2.72 bits per heavy atom. The van der Waals surface area contributed by atoms with E-state index in [1.165, 1.54) is 17.8 Å². The molecule has 4 rings (SSSR count). The van der Waals surface area contributed by atoms with E-state index in [-0.39, 0.29) is 5.91 Å². The van der Waals surface area contributed by atoms with Crippen LogP contribution in [0.4, 0.5) is 0 Å². The molecule has 0 bridgehead atoms. The van der Waals surface area contributed by atoms with Gasteiger partial charge in [-0.3, -0.25) is 9.36 Å². The average Bonchev–Trinajstić information content (AvgIpc) is 3.15. The van der Waals surface area contributed by atoms with Gasteiger partial charge in [0.2, 0.25) is 5.91 Å². The number of benzene rings is 2. The molecule has 0 atom stereocenters. The number of nitrogens with zero attached hydrogens (tertiary/aromatic N) is 5. The minimum Gasteiger partial charge on any atom is -0.274 e. The largest absolute Gasteiger partial charge is 0.274 e. The highest BCUT2D eigenvalue weighted by Crippen LogP contribution is 2.21. The number of rotatable bonds is 2. The van der Waals surface area contributed by atoms with E-state index in [9.17, 15) is 10.1 Å². The summed E-state index contributed by atoms with van der Waals surface area (Å²) in [5, 5.41) is 9.54. The smallest absolute Gasteiger partial charge is 0.229 e. The molecular weight excluding hydrogens is 314 g/mol. The van der Waals surface area contributed by atoms with Crippen LogP contribution in [0, 0.1) is 18.4 Å². The molecule has 0 unspecified atom stereocenters. The van der Waals surface area contributed by atoms with Crippen LogP contribution in [0.15, 0.2) is 42.7 Å². The number of carbonyl (C=O) groups excluding carboxylic acids is 1. The fraction of sp³-hybridized carbons (Fsp3) is 0.158. The number of aromatic nitrogens is 4. The van der Waals surface area contributed by atoms with Crippen molar-refractivity contribution in [3.8, 4) is 6.19 Å². The summed E-state index contributed by atoms with van der Waals surface area (Å²) in [6, 6.07) is 11.6. The molecule has 0 spiro atoms. The number of nitriles is 1. The molecule has 0 fully saturated rings. The molecular formula is C19H15N5O. The van der Waals surface area contributed by atoms with Crippen molar-refractivity contribution in [2.45, 2.75) is 20.3 Å². The zero-order valence-electron chi connectivity index (χ0n) is 13.9. The summed E-state index contributed by atoms with van der Waals surface area (Å²) in [5.41, 5.74) is 5.20. The zero-order chi connectivity index (χ0) is 17.6. The fourth-order valence-corrected chi connectivity index (χ4v) is 3.06. The lowest BCUT2D eigenvalue weighted by Gasteiger charge is -2.03. The molecule has 2 heterocycles. The lowest BCUT2D eigenvalue weighted by Crippen LogP contribution is -2.04. The van der Waals surface area contributed by atoms with E-state index < -0.39 is 0 Å². The number of hydrogen-bond donors (Lipinski definition) is 0. The highest BCUT2D eigenvalue weighted by atomic mass is 16.1. The van der Waals surface area contributed by atoms with Crippen molar-refractivity contribution in [3.63, 3.8) is 0 Å². The van der Waals surface area contributed by atoms with Crippen LogP contribution in [0.2, 0.25) is 0 Å². The van der Waals surface area contributed by atoms with E-state index in [4.69, 9.17) is 0 Å². The van der Waals surface area contributed by atoms with Gasteiger partial charge in [0.1, 0.15) is 12.2 Å². The third-order valence-corrected chi connectivity index (χ3v) is 4.29. The second-order valence-electron chi connectivity index (χ2n) is 6.09. The quantitative estimate of drug-likeness (QED) is 0.565. The van der Waals surface area contributed by atoms with Gasteiger partial charge in [-0.15, -0.1) is 0 Å². The minimum absolute atomic E-state index is 0.0839. The van der Waals surface area contributed by atoms with E-state index in [1.807, 2.05) is 43.3 Å². The van der Waals surface area contributed by atoms with E-state index in [2.05, 4.69) is 16.2 Å². The Bertz CT molecular complexity index is 1180. The van der Waals surface area contributed by atoms with Gasteiger partial charge in [-0.1, -0.05) is 12.1 Å². The van der Waals surface area contributed by atoms with Gasteiger partial charge in [0.25, 0.3) is 0 Å². The predicted molar refractivity (Wildman–Crippen MR) is 94.3 cm³/mol. The van der Waals surface area contributed by atoms with Crippen LogP contribution in [0.5, 0.6) is 0 Å². The zero-order valence-corrected chi connectivity index (χ0v) is 13.9. The molecule has 0 amide bonds. The van der Waals surface area contributed by atoms with Crippen molar-refractivity contribution < 1.29 is 4.79 Å². The van der Waals surface area contributed by atoms with Crippen molar-refractivity contribution in [2.75, 3.05) is 0 Å². The van der Waals surface area contributed by atoms with Gasteiger partial charge in [-0.05, 0) is 42.3 Å². The van der Waals surface area contributed by atoms with Gasteiger partial charge in [-0.2, -0.15) is 5.26 Å². The first-order chi connectivity index (χ1) is 12.1. The van der Waals surface area contributed by atoms with Crippen molar-refractivity contribution in [2.24, 2.45) is 0 Å². The molecule has 0 aliphatic heterocycles. The van der Waals surface area contributed by atoms with Crippen molar-refractivity contribution in [1.82, 2.24) is 19.1 Å². The third-order valence-electron chi connectivity index (χ3n) is 4.29. The first kappa shape index (κ1) is 15.1. The van der Waals surface area contributed by atoms with Crippen molar-refractivity contribution in [3.05, 3.63) is 59.7 Å². The summed E-state index contributed by atoms with van der Waals surface area (Å²) >= 11 is 0. The van der Waals surface area contributed by atoms with Crippen LogP contribution in [0.1, 0.15) is 28.7 Å². The molecule has 0 radical (unpaired) electrons. The van der Waals surface area contributed by atoms with Gasteiger partial charge in [0.15, 0.2) is 6.19 Å². The van der Waals surface area contributed by atoms with Crippen LogP contribution < -0.4 is 0 Å². The molecule has 4 aromatic rings. The summed E-state index contributed by atoms with van der Waals surface area (Å²) in [5.74, 6) is 0.593. The van der Waals surface area contributed by atoms with E-state index in [0.717, 1.165) is 33.2 Å². The number of carbonyl (C=O) groups is 1. The lowest BCUT2D eigenvalue weighted by molar-refractivity contribution is 0.0941. The summed E-state index contributed by atoms with van der Waals surface area (Å²) in [4.78, 5) is 20.5. The normalized spacial score (nSPS) is 11.1. The predicted octanol–water partition coefficient (Wildman–Crippen LogP) is 3.27.